The molecule has 0 amide bonds. The number of rotatable bonds is 6. The van der Waals surface area contributed by atoms with E-state index in [0.717, 1.165) is 0 Å². The second-order valence-electron chi connectivity index (χ2n) is 10.5. The summed E-state index contributed by atoms with van der Waals surface area (Å²) in [6.45, 7) is -8.58. The zero-order chi connectivity index (χ0) is 65.6. The maximum Gasteiger partial charge on any atom is 0.0648 e. The molecule has 1 aliphatic carbocycles. The molecule has 8 aromatic rings. The fraction of sp³-hybridized carbons (Fsp3) is 0.0612. The van der Waals surface area contributed by atoms with Crippen molar-refractivity contribution in [1.82, 2.24) is 0 Å². The summed E-state index contributed by atoms with van der Waals surface area (Å²) >= 11 is 0. The number of fused-ring (bicyclic) bond motifs is 2. The van der Waals surface area contributed by atoms with Crippen LogP contribution in [0.4, 0.5) is 17.1 Å². The fourth-order valence-electron chi connectivity index (χ4n) is 5.43. The smallest absolute Gasteiger partial charge is 0.0648 e. The van der Waals surface area contributed by atoms with Gasteiger partial charge in [0.1, 0.15) is 0 Å². The lowest BCUT2D eigenvalue weighted by atomic mass is 9.67. The van der Waals surface area contributed by atoms with Gasteiger partial charge in [0.2, 0.25) is 0 Å². The van der Waals surface area contributed by atoms with Gasteiger partial charge in [-0.2, -0.15) is 0 Å². The summed E-state index contributed by atoms with van der Waals surface area (Å²) in [5.74, 6) is 0. The van der Waals surface area contributed by atoms with E-state index in [1.165, 1.54) is 0 Å². The Balaban J connectivity index is 1.62. The summed E-state index contributed by atoms with van der Waals surface area (Å²) in [5.41, 5.74) is -19.7. The van der Waals surface area contributed by atoms with Crippen molar-refractivity contribution in [3.8, 4) is 44.5 Å². The van der Waals surface area contributed by atoms with Gasteiger partial charge >= 0.3 is 0 Å². The van der Waals surface area contributed by atoms with E-state index in [4.69, 9.17) is 23.3 Å². The normalized spacial score (nSPS) is 23.7. The Bertz CT molecular complexity index is 4200. The van der Waals surface area contributed by atoms with Crippen LogP contribution in [-0.2, 0) is 5.41 Å². The minimum absolute atomic E-state index is 0.0700. The summed E-state index contributed by atoms with van der Waals surface area (Å²) in [7, 11) is 0. The van der Waals surface area contributed by atoms with Crippen LogP contribution in [0.25, 0.3) is 55.3 Å². The Labute approximate surface area is 346 Å². The Kier molecular flexibility index (Phi) is 2.46. The summed E-state index contributed by atoms with van der Waals surface area (Å²) in [6.07, 6.45) is 0. The molecule has 0 atom stereocenters. The molecule has 0 saturated heterocycles. The Morgan fingerprint density at radius 1 is 0.420 bits per heavy atom. The largest absolute Gasteiger partial charge is 0.310 e. The minimum atomic E-state index is -4.29. The van der Waals surface area contributed by atoms with Crippen LogP contribution in [0.2, 0.25) is 0 Å². The van der Waals surface area contributed by atoms with Gasteiger partial charge in [-0.1, -0.05) is 165 Å². The van der Waals surface area contributed by atoms with Crippen LogP contribution in [0.15, 0.2) is 187 Å². The van der Waals surface area contributed by atoms with Crippen LogP contribution in [0.1, 0.15) is 75.5 Å². The molecule has 0 aliphatic heterocycles. The third kappa shape index (κ3) is 5.02. The average molecular weight is 677 g/mol. The Hall–Kier alpha value is -6.18. The van der Waals surface area contributed by atoms with Crippen LogP contribution in [0.5, 0.6) is 0 Å². The van der Waals surface area contributed by atoms with Crippen LogP contribution in [-0.4, -0.2) is 0 Å². The second kappa shape index (κ2) is 12.1. The van der Waals surface area contributed by atoms with Crippen molar-refractivity contribution < 1.29 is 50.7 Å². The van der Waals surface area contributed by atoms with Crippen molar-refractivity contribution in [1.29, 1.82) is 0 Å². The van der Waals surface area contributed by atoms with E-state index in [9.17, 15) is 27.4 Å². The highest BCUT2D eigenvalue weighted by molar-refractivity contribution is 6.09. The van der Waals surface area contributed by atoms with Crippen LogP contribution < -0.4 is 4.90 Å². The summed E-state index contributed by atoms with van der Waals surface area (Å²) in [5, 5.41) is -1.99. The maximum absolute atomic E-state index is 10.4. The highest BCUT2D eigenvalue weighted by atomic mass is 15.1. The molecule has 0 N–H and O–H groups in total. The first-order chi connectivity index (χ1) is 40.0. The third-order valence-electron chi connectivity index (χ3n) is 7.63. The van der Waals surface area contributed by atoms with Crippen molar-refractivity contribution in [3.63, 3.8) is 0 Å². The number of nitrogens with zero attached hydrogens (tertiary/aromatic N) is 1. The molecule has 9 rings (SSSR count). The average Bonchev–Trinajstić information content (AvgIpc) is 0.657. The zero-order valence-electron chi connectivity index (χ0n) is 61.9. The third-order valence-corrected chi connectivity index (χ3v) is 7.63. The quantitative estimate of drug-likeness (QED) is 0.169. The highest BCUT2D eigenvalue weighted by Gasteiger charge is 2.35. The van der Waals surface area contributed by atoms with Crippen LogP contribution in [0, 0.1) is 0 Å². The molecule has 1 heteroatoms. The number of hydrogen-bond acceptors (Lipinski definition) is 1. The molecule has 0 radical (unpaired) electrons. The Morgan fingerprint density at radius 3 is 1.48 bits per heavy atom. The number of hydrogen-bond donors (Lipinski definition) is 0. The molecule has 1 nitrogen and oxygen atoms in total. The van der Waals surface area contributed by atoms with Crippen molar-refractivity contribution in [2.45, 2.75) is 19.1 Å². The van der Waals surface area contributed by atoms with Crippen molar-refractivity contribution >= 4 is 27.8 Å². The van der Waals surface area contributed by atoms with Crippen LogP contribution in [0.3, 0.4) is 0 Å². The molecular weight excluding hydrogens is 603 g/mol. The summed E-state index contributed by atoms with van der Waals surface area (Å²) in [4.78, 5) is 0.0700. The Morgan fingerprint density at radius 2 is 0.920 bits per heavy atom. The second-order valence-corrected chi connectivity index (χ2v) is 10.5. The monoisotopic (exact) mass is 677 g/mol. The van der Waals surface area contributed by atoms with E-state index in [1.807, 2.05) is 0 Å². The van der Waals surface area contributed by atoms with Gasteiger partial charge in [-0.3, -0.25) is 0 Å². The van der Waals surface area contributed by atoms with Crippen molar-refractivity contribution in [3.05, 3.63) is 198 Å². The van der Waals surface area contributed by atoms with E-state index in [2.05, 4.69) is 0 Å². The van der Waals surface area contributed by atoms with Crippen molar-refractivity contribution in [2.24, 2.45) is 0 Å². The molecular formula is C49H37N. The lowest BCUT2D eigenvalue weighted by molar-refractivity contribution is 0.645. The van der Waals surface area contributed by atoms with Gasteiger partial charge in [-0.05, 0) is 103 Å². The minimum Gasteiger partial charge on any atom is -0.310 e. The molecule has 0 heterocycles. The topological polar surface area (TPSA) is 3.24 Å². The molecule has 50 heavy (non-hydrogen) atoms. The van der Waals surface area contributed by atoms with Gasteiger partial charge in [-0.15, -0.1) is 0 Å². The van der Waals surface area contributed by atoms with Gasteiger partial charge in [-0.25, -0.2) is 0 Å². The van der Waals surface area contributed by atoms with E-state index < -0.39 is 290 Å². The molecule has 238 valence electrons. The first-order valence-corrected chi connectivity index (χ1v) is 14.4. The SMILES string of the molecule is [2H]c1c([2H])c([2H])c(-c2c([2H])c([2H])c(N(c3c([2H])c([2H])c(-c4c([2H])c([2H])c([2H])c([2H])c4[2H])c([2H])c3[2H])c3c([2H])c([2H])c4c(c3[2H])C(C([2H])([2H])[2H])(C([2H])([2H])[2H])c3c([2H])c([2H])c([2H])c5c([2H])c([2H])c(-c6c([2H])c([2H])c([2H])c([2H])c6[2H])c-4c35)c([2H])c2[2H])c([2H])c1[2H]. The van der Waals surface area contributed by atoms with E-state index in [-0.39, 0.29) is 4.90 Å². The molecule has 0 aromatic heterocycles. The van der Waals surface area contributed by atoms with E-state index in [0.29, 0.717) is 0 Å². The summed E-state index contributed by atoms with van der Waals surface area (Å²) in [6, 6.07) is -38.3. The lowest BCUT2D eigenvalue weighted by Gasteiger charge is -2.37. The maximum atomic E-state index is 10.4. The van der Waals surface area contributed by atoms with Crippen molar-refractivity contribution in [2.75, 3.05) is 4.90 Å². The fourth-order valence-corrected chi connectivity index (χ4v) is 5.43. The van der Waals surface area contributed by atoms with E-state index in [1.54, 1.807) is 0 Å². The predicted octanol–water partition coefficient (Wildman–Crippen LogP) is 13.6. The lowest BCUT2D eigenvalue weighted by Crippen LogP contribution is -2.24. The van der Waals surface area contributed by atoms with Gasteiger partial charge in [0.15, 0.2) is 0 Å². The van der Waals surface area contributed by atoms with Gasteiger partial charge in [0.25, 0.3) is 0 Å². The number of benzene rings is 8. The molecule has 0 saturated carbocycles. The molecule has 8 aromatic carbocycles. The molecule has 0 unspecified atom stereocenters. The first-order valence-electron chi connectivity index (χ1n) is 32.9. The van der Waals surface area contributed by atoms with E-state index >= 15 is 0 Å². The highest BCUT2D eigenvalue weighted by Crippen LogP contribution is 2.53. The standard InChI is InChI=1S/C49H37N/c1-49(2)45-20-12-19-39-25-31-43(38-17-10-5-11-18-38)48(47(39)45)44-32-30-42(33-46(44)49)50(40-26-21-36(22-27-40)34-13-6-3-7-14-34)41-28-23-37(24-29-41)35-15-8-4-9-16-35/h3-33H,1-2H3/i1D3,2D3,3D,4D,5D,6D,7D,8D,9D,10D,11D,12D,13D,14D,15D,16D,17D,18D,19D,20D,21D,22D,23D,24D,25D,26D,27D,28D,29D,30D,31D,32D,33D. The molecule has 0 spiro atoms. The number of anilines is 3. The van der Waals surface area contributed by atoms with Gasteiger partial charge < -0.3 is 4.90 Å². The van der Waals surface area contributed by atoms with Gasteiger partial charge in [0.05, 0.1) is 42.5 Å². The molecule has 1 aliphatic rings. The molecule has 0 bridgehead atoms. The molecule has 0 fully saturated rings. The van der Waals surface area contributed by atoms with Gasteiger partial charge in [0, 0.05) is 30.7 Å². The summed E-state index contributed by atoms with van der Waals surface area (Å²) < 4.78 is 336. The first kappa shape index (κ1) is 10.2. The predicted molar refractivity (Wildman–Crippen MR) is 213 cm³/mol. The van der Waals surface area contributed by atoms with Crippen LogP contribution >= 0.6 is 0 Å². The zero-order valence-corrected chi connectivity index (χ0v) is 24.9.